The molecule has 3 aromatic carbocycles. The van der Waals surface area contributed by atoms with Gasteiger partial charge in [-0.3, -0.25) is 0 Å². The number of rotatable bonds is 8. The molecule has 0 unspecified atom stereocenters. The molecule has 2 N–H and O–H groups in total. The lowest BCUT2D eigenvalue weighted by Crippen LogP contribution is -2.15. The Hall–Kier alpha value is -3.95. The number of aliphatic carboxylic acids is 1. The summed E-state index contributed by atoms with van der Waals surface area (Å²) in [5, 5.41) is 19.2. The van der Waals surface area contributed by atoms with Crippen molar-refractivity contribution in [3.05, 3.63) is 95.6 Å². The number of sulfone groups is 1. The molecular weight excluding hydrogens is 460 g/mol. The molecule has 0 heterocycles. The van der Waals surface area contributed by atoms with Gasteiger partial charge in [-0.1, -0.05) is 54.6 Å². The van der Waals surface area contributed by atoms with Gasteiger partial charge in [-0.2, -0.15) is 0 Å². The van der Waals surface area contributed by atoms with Crippen molar-refractivity contribution in [2.24, 2.45) is 0 Å². The Morgan fingerprint density at radius 2 is 1.56 bits per heavy atom. The van der Waals surface area contributed by atoms with Gasteiger partial charge in [0, 0.05) is 11.8 Å². The van der Waals surface area contributed by atoms with Crippen LogP contribution in [-0.2, 0) is 26.0 Å². The van der Waals surface area contributed by atoms with Crippen molar-refractivity contribution < 1.29 is 37.7 Å². The van der Waals surface area contributed by atoms with E-state index in [1.54, 1.807) is 42.5 Å². The molecule has 0 aliphatic carbocycles. The molecular formula is C25H22O8S. The highest BCUT2D eigenvalue weighted by atomic mass is 32.2. The standard InChI is InChI=1S/C25H22O8S/c1-34(30,31)21-12-10-19(11-13-21)23(24(27)28)22(18-7-3-2-4-8-18)16-32-25(29)33-20-9-5-6-17(14-20)15-26/h2-14,26H,15-16H2,1H3,(H,27,28)/b23-22+. The van der Waals surface area contributed by atoms with Gasteiger partial charge >= 0.3 is 12.1 Å². The third-order valence-corrected chi connectivity index (χ3v) is 5.95. The molecule has 9 heteroatoms. The average Bonchev–Trinajstić information content (AvgIpc) is 2.81. The van der Waals surface area contributed by atoms with E-state index in [1.165, 1.54) is 36.4 Å². The second kappa shape index (κ2) is 10.8. The van der Waals surface area contributed by atoms with Crippen LogP contribution in [0.2, 0.25) is 0 Å². The van der Waals surface area contributed by atoms with Crippen LogP contribution in [0.25, 0.3) is 11.1 Å². The Kier molecular flexibility index (Phi) is 7.83. The van der Waals surface area contributed by atoms with Gasteiger partial charge in [0.05, 0.1) is 17.1 Å². The summed E-state index contributed by atoms with van der Waals surface area (Å²) in [6, 6.07) is 20.2. The molecule has 3 rings (SSSR count). The molecule has 0 aliphatic rings. The van der Waals surface area contributed by atoms with E-state index in [-0.39, 0.29) is 34.0 Å². The summed E-state index contributed by atoms with van der Waals surface area (Å²) in [6.45, 7) is -0.648. The van der Waals surface area contributed by atoms with Gasteiger partial charge in [0.25, 0.3) is 0 Å². The van der Waals surface area contributed by atoms with Crippen molar-refractivity contribution in [2.45, 2.75) is 11.5 Å². The molecule has 8 nitrogen and oxygen atoms in total. The molecule has 0 aliphatic heterocycles. The smallest absolute Gasteiger partial charge is 0.478 e. The van der Waals surface area contributed by atoms with Gasteiger partial charge in [0.1, 0.15) is 12.4 Å². The number of carboxylic acids is 1. The number of aliphatic hydroxyl groups is 1. The summed E-state index contributed by atoms with van der Waals surface area (Å²) < 4.78 is 33.9. The number of hydrogen-bond acceptors (Lipinski definition) is 7. The summed E-state index contributed by atoms with van der Waals surface area (Å²) >= 11 is 0. The van der Waals surface area contributed by atoms with E-state index < -0.39 is 28.6 Å². The molecule has 0 aromatic heterocycles. The normalized spacial score (nSPS) is 11.9. The first-order valence-electron chi connectivity index (χ1n) is 10.1. The lowest BCUT2D eigenvalue weighted by atomic mass is 9.95. The summed E-state index contributed by atoms with van der Waals surface area (Å²) in [4.78, 5) is 24.6. The van der Waals surface area contributed by atoms with E-state index in [0.29, 0.717) is 11.1 Å². The van der Waals surface area contributed by atoms with Crippen LogP contribution in [-0.4, -0.2) is 43.6 Å². The van der Waals surface area contributed by atoms with Gasteiger partial charge in [0.15, 0.2) is 9.84 Å². The molecule has 0 atom stereocenters. The van der Waals surface area contributed by atoms with Crippen molar-refractivity contribution in [1.82, 2.24) is 0 Å². The summed E-state index contributed by atoms with van der Waals surface area (Å²) in [7, 11) is -3.46. The van der Waals surface area contributed by atoms with Crippen LogP contribution >= 0.6 is 0 Å². The minimum absolute atomic E-state index is 0.0483. The monoisotopic (exact) mass is 482 g/mol. The highest BCUT2D eigenvalue weighted by Crippen LogP contribution is 2.28. The number of carboxylic acid groups (broad SMARTS) is 1. The number of carbonyl (C=O) groups is 2. The second-order valence-electron chi connectivity index (χ2n) is 7.27. The summed E-state index contributed by atoms with van der Waals surface area (Å²) in [6.07, 6.45) is 0.00167. The van der Waals surface area contributed by atoms with Crippen LogP contribution in [0, 0.1) is 0 Å². The first-order valence-corrected chi connectivity index (χ1v) is 11.9. The Morgan fingerprint density at radius 1 is 0.882 bits per heavy atom. The van der Waals surface area contributed by atoms with E-state index in [4.69, 9.17) is 9.47 Å². The molecule has 176 valence electrons. The Balaban J connectivity index is 1.95. The second-order valence-corrected chi connectivity index (χ2v) is 9.28. The molecule has 0 fully saturated rings. The Labute approximate surface area is 196 Å². The Bertz CT molecular complexity index is 1310. The van der Waals surface area contributed by atoms with Crippen molar-refractivity contribution in [2.75, 3.05) is 12.9 Å². The fourth-order valence-electron chi connectivity index (χ4n) is 3.20. The minimum atomic E-state index is -3.46. The Morgan fingerprint density at radius 3 is 2.15 bits per heavy atom. The molecule has 0 radical (unpaired) electrons. The van der Waals surface area contributed by atoms with E-state index in [1.807, 2.05) is 0 Å². The van der Waals surface area contributed by atoms with E-state index in [2.05, 4.69) is 0 Å². The van der Waals surface area contributed by atoms with Gasteiger partial charge < -0.3 is 19.7 Å². The lowest BCUT2D eigenvalue weighted by Gasteiger charge is -2.14. The van der Waals surface area contributed by atoms with Crippen molar-refractivity contribution in [3.63, 3.8) is 0 Å². The molecule has 34 heavy (non-hydrogen) atoms. The minimum Gasteiger partial charge on any atom is -0.478 e. The highest BCUT2D eigenvalue weighted by molar-refractivity contribution is 7.90. The summed E-state index contributed by atoms with van der Waals surface area (Å²) in [5.74, 6) is -1.12. The largest absolute Gasteiger partial charge is 0.514 e. The van der Waals surface area contributed by atoms with Crippen molar-refractivity contribution >= 4 is 33.1 Å². The predicted octanol–water partition coefficient (Wildman–Crippen LogP) is 3.79. The zero-order valence-corrected chi connectivity index (χ0v) is 19.0. The first kappa shape index (κ1) is 24.7. The zero-order valence-electron chi connectivity index (χ0n) is 18.2. The van der Waals surface area contributed by atoms with Gasteiger partial charge in [-0.25, -0.2) is 18.0 Å². The number of aliphatic hydroxyl groups excluding tert-OH is 1. The van der Waals surface area contributed by atoms with Crippen molar-refractivity contribution in [1.29, 1.82) is 0 Å². The predicted molar refractivity (Wildman–Crippen MR) is 125 cm³/mol. The molecule has 0 bridgehead atoms. The molecule has 0 saturated heterocycles. The maximum atomic E-state index is 12.3. The lowest BCUT2D eigenvalue weighted by molar-refractivity contribution is -0.130. The molecule has 0 spiro atoms. The SMILES string of the molecule is CS(=O)(=O)c1ccc(/C(C(=O)O)=C(/COC(=O)Oc2cccc(CO)c2)c2ccccc2)cc1. The van der Waals surface area contributed by atoms with Crippen LogP contribution in [0.3, 0.4) is 0 Å². The van der Waals surface area contributed by atoms with E-state index >= 15 is 0 Å². The topological polar surface area (TPSA) is 127 Å². The fraction of sp³-hybridized carbons (Fsp3) is 0.120. The van der Waals surface area contributed by atoms with Crippen LogP contribution in [0.15, 0.2) is 83.8 Å². The fourth-order valence-corrected chi connectivity index (χ4v) is 3.83. The van der Waals surface area contributed by atoms with Gasteiger partial charge in [-0.15, -0.1) is 0 Å². The maximum absolute atomic E-state index is 12.3. The maximum Gasteiger partial charge on any atom is 0.514 e. The average molecular weight is 483 g/mol. The highest BCUT2D eigenvalue weighted by Gasteiger charge is 2.21. The zero-order chi connectivity index (χ0) is 24.7. The third-order valence-electron chi connectivity index (χ3n) is 4.83. The quantitative estimate of drug-likeness (QED) is 0.215. The molecule has 3 aromatic rings. The number of hydrogen-bond donors (Lipinski definition) is 2. The summed E-state index contributed by atoms with van der Waals surface area (Å²) in [5.41, 5.74) is 1.33. The van der Waals surface area contributed by atoms with Gasteiger partial charge in [0.2, 0.25) is 0 Å². The molecule has 0 amide bonds. The molecule has 0 saturated carbocycles. The van der Waals surface area contributed by atoms with Crippen LogP contribution in [0.5, 0.6) is 5.75 Å². The van der Waals surface area contributed by atoms with E-state index in [9.17, 15) is 28.2 Å². The third kappa shape index (κ3) is 6.31. The number of ether oxygens (including phenoxy) is 2. The van der Waals surface area contributed by atoms with Gasteiger partial charge in [-0.05, 0) is 41.0 Å². The first-order chi connectivity index (χ1) is 16.2. The number of carbonyl (C=O) groups excluding carboxylic acids is 1. The van der Waals surface area contributed by atoms with Crippen LogP contribution in [0.1, 0.15) is 16.7 Å². The van der Waals surface area contributed by atoms with Crippen LogP contribution < -0.4 is 4.74 Å². The number of benzene rings is 3. The van der Waals surface area contributed by atoms with E-state index in [0.717, 1.165) is 6.26 Å². The van der Waals surface area contributed by atoms with Crippen LogP contribution in [0.4, 0.5) is 4.79 Å². The van der Waals surface area contributed by atoms with Crippen molar-refractivity contribution in [3.8, 4) is 5.75 Å².